The summed E-state index contributed by atoms with van der Waals surface area (Å²) in [6.07, 6.45) is 2.96. The summed E-state index contributed by atoms with van der Waals surface area (Å²) < 4.78 is 45.2. The molecule has 8 nitrogen and oxygen atoms in total. The fourth-order valence-corrected chi connectivity index (χ4v) is 5.26. The molecule has 0 bridgehead atoms. The van der Waals surface area contributed by atoms with Crippen LogP contribution in [-0.4, -0.2) is 38.2 Å². The molecular weight excluding hydrogens is 563 g/mol. The van der Waals surface area contributed by atoms with Crippen LogP contribution in [0.4, 0.5) is 5.69 Å². The molecule has 0 spiro atoms. The van der Waals surface area contributed by atoms with Gasteiger partial charge in [-0.3, -0.25) is 4.79 Å². The zero-order chi connectivity index (χ0) is 29.0. The Labute approximate surface area is 266 Å². The topological polar surface area (TPSA) is 120 Å². The molecule has 0 saturated carbocycles. The van der Waals surface area contributed by atoms with Crippen molar-refractivity contribution >= 4 is 32.4 Å². The Balaban J connectivity index is 0.00000405. The number of anilines is 1. The van der Waals surface area contributed by atoms with E-state index in [1.165, 1.54) is 12.2 Å². The number of allylic oxidation sites excluding steroid dienone is 3. The van der Waals surface area contributed by atoms with E-state index in [-0.39, 0.29) is 48.1 Å². The SMILES string of the molecule is COc1ccc(C(=O)/C(C#N)=C/C=C2\Oc3ccc(-c4ccccc4)cc3N2CCCS(=O)(=O)[O-])c2ccccc12.[Na+]. The van der Waals surface area contributed by atoms with E-state index in [4.69, 9.17) is 9.47 Å². The molecule has 0 aromatic heterocycles. The minimum atomic E-state index is -4.40. The molecule has 42 heavy (non-hydrogen) atoms. The van der Waals surface area contributed by atoms with Gasteiger partial charge in [0.15, 0.2) is 5.75 Å². The molecule has 10 heteroatoms. The Kier molecular flexibility index (Phi) is 9.89. The van der Waals surface area contributed by atoms with E-state index in [0.717, 1.165) is 16.5 Å². The summed E-state index contributed by atoms with van der Waals surface area (Å²) in [5.41, 5.74) is 2.83. The van der Waals surface area contributed by atoms with Gasteiger partial charge < -0.3 is 18.9 Å². The molecule has 0 fully saturated rings. The number of ketones is 1. The van der Waals surface area contributed by atoms with E-state index in [1.54, 1.807) is 36.3 Å². The molecule has 4 aromatic carbocycles. The number of benzene rings is 4. The number of ether oxygens (including phenoxy) is 2. The maximum Gasteiger partial charge on any atom is 1.00 e. The molecule has 0 aliphatic carbocycles. The minimum absolute atomic E-state index is 0. The van der Waals surface area contributed by atoms with E-state index in [1.807, 2.05) is 66.7 Å². The second-order valence-corrected chi connectivity index (χ2v) is 10.8. The molecule has 5 rings (SSSR count). The number of fused-ring (bicyclic) bond motifs is 2. The van der Waals surface area contributed by atoms with Gasteiger partial charge in [0.25, 0.3) is 0 Å². The summed E-state index contributed by atoms with van der Waals surface area (Å²) >= 11 is 0. The van der Waals surface area contributed by atoms with Gasteiger partial charge in [-0.1, -0.05) is 60.7 Å². The average molecular weight is 589 g/mol. The molecule has 0 amide bonds. The standard InChI is InChI=1S/C32H26N2O6S.Na/c1-39-29-16-14-27(25-10-5-6-11-26(25)29)32(35)24(21-33)13-17-31-34(18-7-19-41(36,37)38)28-20-23(12-15-30(28)40-31)22-8-3-2-4-9-22;/h2-6,8-17,20H,7,18-19H2,1H3,(H,36,37,38);/q;+1/p-1/b24-13+,31-17-;. The van der Waals surface area contributed by atoms with E-state index < -0.39 is 21.7 Å². The van der Waals surface area contributed by atoms with E-state index in [9.17, 15) is 23.0 Å². The summed E-state index contributed by atoms with van der Waals surface area (Å²) in [5, 5.41) is 11.3. The van der Waals surface area contributed by atoms with E-state index in [2.05, 4.69) is 0 Å². The average Bonchev–Trinajstić information content (AvgIpc) is 3.33. The number of carbonyl (C=O) groups excluding carboxylic acids is 1. The van der Waals surface area contributed by atoms with Crippen molar-refractivity contribution in [2.75, 3.05) is 24.3 Å². The van der Waals surface area contributed by atoms with Crippen LogP contribution in [0.15, 0.2) is 109 Å². The third-order valence-electron chi connectivity index (χ3n) is 6.72. The number of methoxy groups -OCH3 is 1. The first-order valence-electron chi connectivity index (χ1n) is 12.8. The van der Waals surface area contributed by atoms with Crippen molar-refractivity contribution in [2.24, 2.45) is 0 Å². The van der Waals surface area contributed by atoms with Crippen LogP contribution in [0.25, 0.3) is 21.9 Å². The van der Waals surface area contributed by atoms with Crippen LogP contribution in [0.5, 0.6) is 11.5 Å². The summed E-state index contributed by atoms with van der Waals surface area (Å²) in [6.45, 7) is 0.172. The molecule has 0 saturated heterocycles. The van der Waals surface area contributed by atoms with Crippen LogP contribution < -0.4 is 43.9 Å². The largest absolute Gasteiger partial charge is 1.00 e. The number of hydrogen-bond donors (Lipinski definition) is 0. The van der Waals surface area contributed by atoms with Crippen LogP contribution in [-0.2, 0) is 10.1 Å². The fourth-order valence-electron chi connectivity index (χ4n) is 4.78. The second-order valence-electron chi connectivity index (χ2n) is 9.30. The van der Waals surface area contributed by atoms with Crippen molar-refractivity contribution < 1.29 is 56.8 Å². The Morgan fingerprint density at radius 3 is 2.40 bits per heavy atom. The molecule has 0 radical (unpaired) electrons. The van der Waals surface area contributed by atoms with Gasteiger partial charge in [-0.25, -0.2) is 8.42 Å². The van der Waals surface area contributed by atoms with Crippen molar-refractivity contribution in [3.05, 3.63) is 114 Å². The first kappa shape index (κ1) is 31.0. The van der Waals surface area contributed by atoms with Crippen LogP contribution in [0, 0.1) is 11.3 Å². The smallest absolute Gasteiger partial charge is 0.748 e. The third-order valence-corrected chi connectivity index (χ3v) is 7.51. The summed E-state index contributed by atoms with van der Waals surface area (Å²) in [7, 11) is -2.85. The van der Waals surface area contributed by atoms with Gasteiger partial charge in [0, 0.05) is 29.3 Å². The first-order chi connectivity index (χ1) is 19.8. The van der Waals surface area contributed by atoms with Crippen LogP contribution in [0.3, 0.4) is 0 Å². The summed E-state index contributed by atoms with van der Waals surface area (Å²) in [5.74, 6) is 0.444. The quantitative estimate of drug-likeness (QED) is 0.0963. The number of nitriles is 1. The van der Waals surface area contributed by atoms with Gasteiger partial charge in [0.1, 0.15) is 17.4 Å². The summed E-state index contributed by atoms with van der Waals surface area (Å²) in [6, 6.07) is 28.0. The van der Waals surface area contributed by atoms with Gasteiger partial charge in [-0.15, -0.1) is 0 Å². The number of carbonyl (C=O) groups is 1. The third kappa shape index (κ3) is 6.76. The molecule has 0 atom stereocenters. The monoisotopic (exact) mass is 588 g/mol. The second kappa shape index (κ2) is 13.4. The molecule has 4 aromatic rings. The molecule has 206 valence electrons. The van der Waals surface area contributed by atoms with Crippen molar-refractivity contribution in [2.45, 2.75) is 6.42 Å². The van der Waals surface area contributed by atoms with Crippen LogP contribution in [0.2, 0.25) is 0 Å². The molecule has 1 aliphatic rings. The van der Waals surface area contributed by atoms with Crippen LogP contribution in [0.1, 0.15) is 16.8 Å². The predicted molar refractivity (Wildman–Crippen MR) is 156 cm³/mol. The van der Waals surface area contributed by atoms with Gasteiger partial charge in [-0.05, 0) is 53.3 Å². The maximum absolute atomic E-state index is 13.5. The van der Waals surface area contributed by atoms with Gasteiger partial charge in [0.05, 0.1) is 22.9 Å². The molecule has 1 aliphatic heterocycles. The van der Waals surface area contributed by atoms with E-state index in [0.29, 0.717) is 34.0 Å². The normalized spacial score (nSPS) is 13.7. The molecule has 0 unspecified atom stereocenters. The van der Waals surface area contributed by atoms with Crippen molar-refractivity contribution in [1.82, 2.24) is 0 Å². The van der Waals surface area contributed by atoms with Gasteiger partial charge >= 0.3 is 29.6 Å². The number of Topliss-reactive ketones (excluding diaryl/α,β-unsaturated/α-hetero) is 1. The summed E-state index contributed by atoms with van der Waals surface area (Å²) in [4.78, 5) is 15.2. The van der Waals surface area contributed by atoms with Crippen molar-refractivity contribution in [1.29, 1.82) is 5.26 Å². The first-order valence-corrected chi connectivity index (χ1v) is 14.4. The predicted octanol–water partition coefficient (Wildman–Crippen LogP) is 2.83. The number of rotatable bonds is 9. The zero-order valence-electron chi connectivity index (χ0n) is 23.1. The minimum Gasteiger partial charge on any atom is -0.748 e. The Morgan fingerprint density at radius 1 is 1.00 bits per heavy atom. The fraction of sp³-hybridized carbons (Fsp3) is 0.125. The number of hydrogen-bond acceptors (Lipinski definition) is 8. The van der Waals surface area contributed by atoms with Crippen molar-refractivity contribution in [3.63, 3.8) is 0 Å². The Bertz CT molecular complexity index is 1850. The Morgan fingerprint density at radius 2 is 1.71 bits per heavy atom. The zero-order valence-corrected chi connectivity index (χ0v) is 25.9. The van der Waals surface area contributed by atoms with Gasteiger partial charge in [0.2, 0.25) is 11.7 Å². The molecule has 0 N–H and O–H groups in total. The molecule has 1 heterocycles. The number of nitrogens with zero attached hydrogens (tertiary/aromatic N) is 2. The van der Waals surface area contributed by atoms with Gasteiger partial charge in [-0.2, -0.15) is 5.26 Å². The van der Waals surface area contributed by atoms with E-state index >= 15 is 0 Å². The molecular formula is C32H25N2NaO6S. The van der Waals surface area contributed by atoms with Crippen LogP contribution >= 0.6 is 0 Å². The maximum atomic E-state index is 13.5. The van der Waals surface area contributed by atoms with Crippen molar-refractivity contribution in [3.8, 4) is 28.7 Å². The Hall–Kier alpha value is -3.91.